The first-order chi connectivity index (χ1) is 12.2. The van der Waals surface area contributed by atoms with Gasteiger partial charge in [0, 0.05) is 0 Å². The molecule has 2 aliphatic rings. The number of hydrogen-bond acceptors (Lipinski definition) is 5. The molecule has 1 aliphatic heterocycles. The second-order valence-corrected chi connectivity index (χ2v) is 9.29. The number of rotatable bonds is 5. The first-order valence-corrected chi connectivity index (χ1v) is 9.90. The fourth-order valence-corrected chi connectivity index (χ4v) is 4.43. The van der Waals surface area contributed by atoms with E-state index in [1.165, 1.54) is 11.3 Å². The average molecular weight is 378 g/mol. The Balaban J connectivity index is 1.76. The summed E-state index contributed by atoms with van der Waals surface area (Å²) >= 11 is 1.33. The zero-order valence-corrected chi connectivity index (χ0v) is 16.3. The van der Waals surface area contributed by atoms with Crippen molar-refractivity contribution < 1.29 is 19.1 Å². The van der Waals surface area contributed by atoms with Crippen molar-refractivity contribution in [1.82, 2.24) is 10.6 Å². The summed E-state index contributed by atoms with van der Waals surface area (Å²) in [4.78, 5) is 38.5. The lowest BCUT2D eigenvalue weighted by atomic mass is 9.86. The summed E-state index contributed by atoms with van der Waals surface area (Å²) in [6.45, 7) is 6.11. The van der Waals surface area contributed by atoms with Gasteiger partial charge < -0.3 is 15.4 Å². The Morgan fingerprint density at radius 2 is 2.19 bits per heavy atom. The molecule has 0 radical (unpaired) electrons. The number of carbonyl (C=O) groups is 3. The number of amides is 2. The molecule has 3 rings (SSSR count). The summed E-state index contributed by atoms with van der Waals surface area (Å²) < 4.78 is 5.56. The molecule has 1 aliphatic carbocycles. The number of carbonyl (C=O) groups excluding carboxylic acids is 3. The fraction of sp³-hybridized carbons (Fsp3) is 0.632. The van der Waals surface area contributed by atoms with Crippen LogP contribution >= 0.6 is 11.3 Å². The minimum Gasteiger partial charge on any atom is -0.367 e. The molecule has 2 fully saturated rings. The van der Waals surface area contributed by atoms with Crippen LogP contribution in [0.15, 0.2) is 17.5 Å². The highest BCUT2D eigenvalue weighted by atomic mass is 32.1. The Bertz CT molecular complexity index is 695. The van der Waals surface area contributed by atoms with Crippen molar-refractivity contribution in [1.29, 1.82) is 0 Å². The molecule has 142 valence electrons. The van der Waals surface area contributed by atoms with E-state index >= 15 is 0 Å². The molecule has 0 bridgehead atoms. The van der Waals surface area contributed by atoms with E-state index in [-0.39, 0.29) is 35.7 Å². The molecule has 1 saturated carbocycles. The van der Waals surface area contributed by atoms with Crippen molar-refractivity contribution in [2.24, 2.45) is 5.41 Å². The lowest BCUT2D eigenvalue weighted by Gasteiger charge is -2.32. The van der Waals surface area contributed by atoms with E-state index in [0.717, 1.165) is 12.8 Å². The third kappa shape index (κ3) is 3.83. The van der Waals surface area contributed by atoms with Gasteiger partial charge in [-0.3, -0.25) is 14.4 Å². The highest BCUT2D eigenvalue weighted by molar-refractivity contribution is 7.12. The van der Waals surface area contributed by atoms with Gasteiger partial charge in [0.2, 0.25) is 5.91 Å². The maximum absolute atomic E-state index is 13.0. The zero-order chi connectivity index (χ0) is 18.9. The van der Waals surface area contributed by atoms with Gasteiger partial charge in [-0.25, -0.2) is 0 Å². The van der Waals surface area contributed by atoms with E-state index in [0.29, 0.717) is 17.7 Å². The quantitative estimate of drug-likeness (QED) is 0.823. The molecule has 1 aromatic rings. The molecular weight excluding hydrogens is 352 g/mol. The van der Waals surface area contributed by atoms with Crippen LogP contribution in [0.4, 0.5) is 0 Å². The standard InChI is InChI=1S/C19H26N2O4S/c1-18(2,3)10-12(20-17(24)13-6-5-9-26-13)16(23)21-19-8-4-7-15(19)25-11-14(19)22/h5-6,9,12,15H,4,7-8,10-11H2,1-3H3,(H,20,24)(H,21,23). The highest BCUT2D eigenvalue weighted by Crippen LogP contribution is 2.38. The largest absolute Gasteiger partial charge is 0.367 e. The van der Waals surface area contributed by atoms with Crippen molar-refractivity contribution in [3.8, 4) is 0 Å². The second kappa shape index (κ2) is 7.12. The van der Waals surface area contributed by atoms with E-state index in [1.54, 1.807) is 12.1 Å². The Kier molecular flexibility index (Phi) is 5.21. The van der Waals surface area contributed by atoms with Crippen molar-refractivity contribution in [3.05, 3.63) is 22.4 Å². The van der Waals surface area contributed by atoms with Gasteiger partial charge in [-0.1, -0.05) is 26.8 Å². The first kappa shape index (κ1) is 19.0. The normalized spacial score (nSPS) is 26.4. The minimum atomic E-state index is -0.916. The summed E-state index contributed by atoms with van der Waals surface area (Å²) in [5, 5.41) is 7.62. The lowest BCUT2D eigenvalue weighted by molar-refractivity contribution is -0.131. The number of Topliss-reactive ketones (excluding diaryl/α,β-unsaturated/α-hetero) is 1. The summed E-state index contributed by atoms with van der Waals surface area (Å²) in [5.74, 6) is -0.637. The molecule has 2 N–H and O–H groups in total. The third-order valence-electron chi connectivity index (χ3n) is 5.03. The summed E-state index contributed by atoms with van der Waals surface area (Å²) in [5.41, 5.74) is -1.07. The average Bonchev–Trinajstić information content (AvgIpc) is 3.25. The van der Waals surface area contributed by atoms with Gasteiger partial charge in [-0.15, -0.1) is 11.3 Å². The third-order valence-corrected chi connectivity index (χ3v) is 5.90. The summed E-state index contributed by atoms with van der Waals surface area (Å²) in [6.07, 6.45) is 2.46. The number of nitrogens with one attached hydrogen (secondary N) is 2. The van der Waals surface area contributed by atoms with Crippen molar-refractivity contribution in [3.63, 3.8) is 0 Å². The van der Waals surface area contributed by atoms with Crippen molar-refractivity contribution in [2.75, 3.05) is 6.61 Å². The van der Waals surface area contributed by atoms with Crippen LogP contribution in [-0.2, 0) is 14.3 Å². The van der Waals surface area contributed by atoms with Gasteiger partial charge in [0.15, 0.2) is 5.78 Å². The van der Waals surface area contributed by atoms with E-state index in [9.17, 15) is 14.4 Å². The van der Waals surface area contributed by atoms with Crippen LogP contribution in [-0.4, -0.2) is 41.9 Å². The van der Waals surface area contributed by atoms with Crippen LogP contribution in [0.3, 0.4) is 0 Å². The number of ether oxygens (including phenoxy) is 1. The first-order valence-electron chi connectivity index (χ1n) is 9.03. The van der Waals surface area contributed by atoms with Gasteiger partial charge in [0.05, 0.1) is 11.0 Å². The molecule has 2 amide bonds. The molecule has 7 heteroatoms. The molecule has 3 atom stereocenters. The second-order valence-electron chi connectivity index (χ2n) is 8.34. The van der Waals surface area contributed by atoms with Crippen LogP contribution in [0.2, 0.25) is 0 Å². The van der Waals surface area contributed by atoms with Gasteiger partial charge in [0.1, 0.15) is 18.2 Å². The summed E-state index contributed by atoms with van der Waals surface area (Å²) in [6, 6.07) is 2.83. The molecule has 0 spiro atoms. The molecule has 2 heterocycles. The van der Waals surface area contributed by atoms with Crippen LogP contribution in [0.25, 0.3) is 0 Å². The monoisotopic (exact) mass is 378 g/mol. The fourth-order valence-electron chi connectivity index (χ4n) is 3.80. The van der Waals surface area contributed by atoms with Gasteiger partial charge >= 0.3 is 0 Å². The van der Waals surface area contributed by atoms with Crippen LogP contribution in [0, 0.1) is 5.41 Å². The van der Waals surface area contributed by atoms with E-state index in [1.807, 2.05) is 26.2 Å². The number of ketones is 1. The predicted octanol–water partition coefficient (Wildman–Crippen LogP) is 2.29. The van der Waals surface area contributed by atoms with Gasteiger partial charge in [0.25, 0.3) is 5.91 Å². The zero-order valence-electron chi connectivity index (χ0n) is 15.5. The number of fused-ring (bicyclic) bond motifs is 1. The molecule has 26 heavy (non-hydrogen) atoms. The van der Waals surface area contributed by atoms with Crippen molar-refractivity contribution in [2.45, 2.75) is 64.1 Å². The minimum absolute atomic E-state index is 0.0520. The maximum Gasteiger partial charge on any atom is 0.261 e. The van der Waals surface area contributed by atoms with Crippen LogP contribution in [0.5, 0.6) is 0 Å². The predicted molar refractivity (Wildman–Crippen MR) is 99.1 cm³/mol. The van der Waals surface area contributed by atoms with Crippen LogP contribution in [0.1, 0.15) is 56.1 Å². The molecule has 1 aromatic heterocycles. The van der Waals surface area contributed by atoms with Gasteiger partial charge in [-0.2, -0.15) is 0 Å². The van der Waals surface area contributed by atoms with Gasteiger partial charge in [-0.05, 0) is 42.5 Å². The Morgan fingerprint density at radius 3 is 2.85 bits per heavy atom. The van der Waals surface area contributed by atoms with E-state index < -0.39 is 11.6 Å². The SMILES string of the molecule is CC(C)(C)CC(NC(=O)c1cccs1)C(=O)NC12CCCC1OCC2=O. The maximum atomic E-state index is 13.0. The highest BCUT2D eigenvalue weighted by Gasteiger charge is 2.55. The van der Waals surface area contributed by atoms with E-state index in [4.69, 9.17) is 4.74 Å². The topological polar surface area (TPSA) is 84.5 Å². The molecule has 3 unspecified atom stereocenters. The lowest BCUT2D eigenvalue weighted by Crippen LogP contribution is -2.60. The summed E-state index contributed by atoms with van der Waals surface area (Å²) in [7, 11) is 0. The smallest absolute Gasteiger partial charge is 0.261 e. The molecular formula is C19H26N2O4S. The molecule has 1 saturated heterocycles. The van der Waals surface area contributed by atoms with Crippen LogP contribution < -0.4 is 10.6 Å². The van der Waals surface area contributed by atoms with Crippen molar-refractivity contribution >= 4 is 28.9 Å². The number of thiophene rings is 1. The number of hydrogen-bond donors (Lipinski definition) is 2. The molecule has 6 nitrogen and oxygen atoms in total. The van der Waals surface area contributed by atoms with E-state index in [2.05, 4.69) is 10.6 Å². The molecule has 0 aromatic carbocycles. The Labute approximate surface area is 157 Å². The Morgan fingerprint density at radius 1 is 1.42 bits per heavy atom. The Hall–Kier alpha value is -1.73.